The minimum atomic E-state index is -3.57. The van der Waals surface area contributed by atoms with Crippen molar-refractivity contribution < 1.29 is 17.9 Å². The average molecular weight is 312 g/mol. The molecule has 3 N–H and O–H groups in total. The minimum absolute atomic E-state index is 0.141. The van der Waals surface area contributed by atoms with Crippen molar-refractivity contribution in [2.45, 2.75) is 11.3 Å². The highest BCUT2D eigenvalue weighted by molar-refractivity contribution is 7.89. The summed E-state index contributed by atoms with van der Waals surface area (Å²) in [5.41, 5.74) is 5.82. The van der Waals surface area contributed by atoms with Gasteiger partial charge in [-0.25, -0.2) is 13.1 Å². The van der Waals surface area contributed by atoms with Gasteiger partial charge in [0.25, 0.3) is 0 Å². The summed E-state index contributed by atoms with van der Waals surface area (Å²) in [6.45, 7) is 1.000. The number of nitrogens with two attached hydrogens (primary N) is 1. The summed E-state index contributed by atoms with van der Waals surface area (Å²) in [4.78, 5) is 0.141. The van der Waals surface area contributed by atoms with Crippen molar-refractivity contribution in [3.63, 3.8) is 0 Å². The van der Waals surface area contributed by atoms with Crippen molar-refractivity contribution >= 4 is 10.0 Å². The minimum Gasteiger partial charge on any atom is -0.495 e. The van der Waals surface area contributed by atoms with Gasteiger partial charge in [0.05, 0.1) is 24.1 Å². The number of rotatable bonds is 7. The monoisotopic (exact) mass is 312 g/mol. The third-order valence-corrected chi connectivity index (χ3v) is 4.08. The van der Waals surface area contributed by atoms with Crippen molar-refractivity contribution in [2.75, 3.05) is 33.9 Å². The highest BCUT2D eigenvalue weighted by Crippen LogP contribution is 2.21. The number of benzene rings is 1. The lowest BCUT2D eigenvalue weighted by Gasteiger charge is -2.09. The second-order valence-corrected chi connectivity index (χ2v) is 5.88. The number of hydrogen-bond donors (Lipinski definition) is 2. The van der Waals surface area contributed by atoms with Crippen LogP contribution in [0.5, 0.6) is 5.75 Å². The van der Waals surface area contributed by atoms with E-state index < -0.39 is 10.0 Å². The molecule has 0 amide bonds. The van der Waals surface area contributed by atoms with E-state index in [9.17, 15) is 8.42 Å². The van der Waals surface area contributed by atoms with E-state index in [0.717, 1.165) is 0 Å². The Morgan fingerprint density at radius 3 is 2.71 bits per heavy atom. The van der Waals surface area contributed by atoms with Crippen LogP contribution in [0.15, 0.2) is 23.1 Å². The average Bonchev–Trinajstić information content (AvgIpc) is 2.49. The van der Waals surface area contributed by atoms with Gasteiger partial charge in [-0.2, -0.15) is 0 Å². The summed E-state index contributed by atoms with van der Waals surface area (Å²) in [5.74, 6) is 5.99. The van der Waals surface area contributed by atoms with Gasteiger partial charge >= 0.3 is 0 Å². The molecule has 1 aromatic carbocycles. The smallest absolute Gasteiger partial charge is 0.240 e. The zero-order valence-electron chi connectivity index (χ0n) is 12.2. The van der Waals surface area contributed by atoms with E-state index in [2.05, 4.69) is 16.6 Å². The number of ether oxygens (including phenoxy) is 2. The third kappa shape index (κ3) is 5.36. The van der Waals surface area contributed by atoms with E-state index in [1.807, 2.05) is 0 Å². The molecular weight excluding hydrogens is 292 g/mol. The Balaban J connectivity index is 2.96. The van der Waals surface area contributed by atoms with Crippen LogP contribution in [0.3, 0.4) is 0 Å². The van der Waals surface area contributed by atoms with Gasteiger partial charge < -0.3 is 15.2 Å². The van der Waals surface area contributed by atoms with Crippen LogP contribution in [-0.2, 0) is 14.8 Å². The Kier molecular flexibility index (Phi) is 7.19. The van der Waals surface area contributed by atoms with E-state index in [-0.39, 0.29) is 11.4 Å². The fourth-order valence-electron chi connectivity index (χ4n) is 1.60. The van der Waals surface area contributed by atoms with Crippen LogP contribution in [0.4, 0.5) is 0 Å². The van der Waals surface area contributed by atoms with Crippen LogP contribution < -0.4 is 15.2 Å². The van der Waals surface area contributed by atoms with Gasteiger partial charge in [-0.3, -0.25) is 0 Å². The molecule has 116 valence electrons. The highest BCUT2D eigenvalue weighted by Gasteiger charge is 2.15. The van der Waals surface area contributed by atoms with Gasteiger partial charge in [0.2, 0.25) is 10.0 Å². The van der Waals surface area contributed by atoms with Gasteiger partial charge in [0, 0.05) is 20.3 Å². The second kappa shape index (κ2) is 8.64. The van der Waals surface area contributed by atoms with Gasteiger partial charge in [-0.05, 0) is 24.6 Å². The van der Waals surface area contributed by atoms with Crippen LogP contribution in [0.2, 0.25) is 0 Å². The molecule has 6 nitrogen and oxygen atoms in total. The fraction of sp³-hybridized carbons (Fsp3) is 0.429. The first kappa shape index (κ1) is 17.5. The lowest BCUT2D eigenvalue weighted by molar-refractivity contribution is 0.196. The third-order valence-electron chi connectivity index (χ3n) is 2.62. The lowest BCUT2D eigenvalue weighted by Crippen LogP contribution is -2.25. The normalized spacial score (nSPS) is 10.8. The first-order chi connectivity index (χ1) is 10.0. The maximum atomic E-state index is 12.2. The molecule has 0 atom stereocenters. The molecule has 21 heavy (non-hydrogen) atoms. The van der Waals surface area contributed by atoms with Gasteiger partial charge in [0.15, 0.2) is 0 Å². The second-order valence-electron chi connectivity index (χ2n) is 4.11. The Bertz CT molecular complexity index is 618. The summed E-state index contributed by atoms with van der Waals surface area (Å²) in [7, 11) is -0.503. The number of nitrogens with one attached hydrogen (secondary N) is 1. The van der Waals surface area contributed by atoms with Crippen LogP contribution in [0, 0.1) is 11.8 Å². The number of hydrogen-bond acceptors (Lipinski definition) is 5. The Morgan fingerprint density at radius 1 is 1.33 bits per heavy atom. The van der Waals surface area contributed by atoms with Crippen LogP contribution >= 0.6 is 0 Å². The molecule has 0 saturated carbocycles. The van der Waals surface area contributed by atoms with Crippen molar-refractivity contribution in [3.8, 4) is 17.6 Å². The first-order valence-electron chi connectivity index (χ1n) is 6.40. The molecule has 0 bridgehead atoms. The van der Waals surface area contributed by atoms with E-state index in [0.29, 0.717) is 30.9 Å². The summed E-state index contributed by atoms with van der Waals surface area (Å²) < 4.78 is 36.8. The van der Waals surface area contributed by atoms with Gasteiger partial charge in [-0.1, -0.05) is 11.8 Å². The topological polar surface area (TPSA) is 90.6 Å². The molecule has 0 aliphatic heterocycles. The zero-order valence-corrected chi connectivity index (χ0v) is 13.0. The SMILES string of the molecule is COCCCNS(=O)(=O)c1ccc(OC)c(C#CCN)c1. The zero-order chi connectivity index (χ0) is 15.7. The van der Waals surface area contributed by atoms with Crippen LogP contribution in [-0.4, -0.2) is 42.3 Å². The number of methoxy groups -OCH3 is 2. The number of sulfonamides is 1. The lowest BCUT2D eigenvalue weighted by atomic mass is 10.2. The summed E-state index contributed by atoms with van der Waals surface area (Å²) >= 11 is 0. The Morgan fingerprint density at radius 2 is 2.10 bits per heavy atom. The van der Waals surface area contributed by atoms with E-state index in [1.165, 1.54) is 19.2 Å². The van der Waals surface area contributed by atoms with Gasteiger partial charge in [-0.15, -0.1) is 0 Å². The molecular formula is C14H20N2O4S. The highest BCUT2D eigenvalue weighted by atomic mass is 32.2. The molecule has 0 aromatic heterocycles. The van der Waals surface area contributed by atoms with Crippen molar-refractivity contribution in [2.24, 2.45) is 5.73 Å². The first-order valence-corrected chi connectivity index (χ1v) is 7.89. The maximum Gasteiger partial charge on any atom is 0.240 e. The molecule has 0 aliphatic carbocycles. The summed E-state index contributed by atoms with van der Waals surface area (Å²) in [5, 5.41) is 0. The molecule has 0 saturated heterocycles. The van der Waals surface area contributed by atoms with Crippen molar-refractivity contribution in [3.05, 3.63) is 23.8 Å². The molecule has 0 heterocycles. The molecule has 0 aliphatic rings. The van der Waals surface area contributed by atoms with Crippen LogP contribution in [0.25, 0.3) is 0 Å². The van der Waals surface area contributed by atoms with E-state index in [4.69, 9.17) is 15.2 Å². The van der Waals surface area contributed by atoms with Gasteiger partial charge in [0.1, 0.15) is 5.75 Å². The van der Waals surface area contributed by atoms with Crippen LogP contribution in [0.1, 0.15) is 12.0 Å². The molecule has 1 rings (SSSR count). The van der Waals surface area contributed by atoms with Crippen molar-refractivity contribution in [1.82, 2.24) is 4.72 Å². The quantitative estimate of drug-likeness (QED) is 0.559. The molecule has 0 radical (unpaired) electrons. The predicted molar refractivity (Wildman–Crippen MR) is 80.6 cm³/mol. The Labute approximate surface area is 125 Å². The Hall–Kier alpha value is -1.59. The predicted octanol–water partition coefficient (Wildman–Crippen LogP) is 0.320. The standard InChI is InChI=1S/C14H20N2O4S/c1-19-10-4-9-16-21(17,18)13-6-7-14(20-2)12(11-13)5-3-8-15/h6-7,11,16H,4,8-10,15H2,1-2H3. The van der Waals surface area contributed by atoms with Crippen molar-refractivity contribution in [1.29, 1.82) is 0 Å². The maximum absolute atomic E-state index is 12.2. The van der Waals surface area contributed by atoms with E-state index >= 15 is 0 Å². The van der Waals surface area contributed by atoms with E-state index in [1.54, 1.807) is 13.2 Å². The molecule has 7 heteroatoms. The summed E-state index contributed by atoms with van der Waals surface area (Å²) in [6.07, 6.45) is 0.603. The fourth-order valence-corrected chi connectivity index (χ4v) is 2.70. The largest absolute Gasteiger partial charge is 0.495 e. The molecule has 0 fully saturated rings. The summed E-state index contributed by atoms with van der Waals surface area (Å²) in [6, 6.07) is 4.52. The molecule has 0 unspecified atom stereocenters. The molecule has 0 spiro atoms. The molecule has 1 aromatic rings.